The van der Waals surface area contributed by atoms with Gasteiger partial charge in [-0.2, -0.15) is 0 Å². The average Bonchev–Trinajstić information content (AvgIpc) is 2.55. The Hall–Kier alpha value is -2.33. The molecule has 1 radical (unpaired) electrons. The molecule has 0 aromatic heterocycles. The van der Waals surface area contributed by atoms with E-state index in [2.05, 4.69) is 23.1 Å². The Morgan fingerprint density at radius 2 is 2.04 bits per heavy atom. The highest BCUT2D eigenvalue weighted by molar-refractivity contribution is 5.88. The summed E-state index contributed by atoms with van der Waals surface area (Å²) in [7, 11) is 0. The number of rotatable bonds is 3. The molecule has 1 fully saturated rings. The van der Waals surface area contributed by atoms with Gasteiger partial charge in [0.05, 0.1) is 0 Å². The lowest BCUT2D eigenvalue weighted by Gasteiger charge is -2.31. The van der Waals surface area contributed by atoms with E-state index in [-0.39, 0.29) is 17.9 Å². The number of amides is 1. The van der Waals surface area contributed by atoms with Crippen molar-refractivity contribution >= 4 is 11.6 Å². The number of aromatic hydroxyl groups is 1. The molecule has 4 nitrogen and oxygen atoms in total. The maximum atomic E-state index is 11.2. The molecule has 23 heavy (non-hydrogen) atoms. The molecule has 3 N–H and O–H groups in total. The molecule has 0 spiro atoms. The van der Waals surface area contributed by atoms with Gasteiger partial charge < -0.3 is 15.7 Å². The molecule has 0 saturated carbocycles. The molecule has 1 aliphatic heterocycles. The van der Waals surface area contributed by atoms with Gasteiger partial charge in [-0.15, -0.1) is 0 Å². The first-order valence-corrected chi connectivity index (χ1v) is 7.87. The van der Waals surface area contributed by atoms with Crippen LogP contribution >= 0.6 is 0 Å². The first kappa shape index (κ1) is 15.6. The molecule has 2 aromatic rings. The Balaban J connectivity index is 1.79. The fourth-order valence-corrected chi connectivity index (χ4v) is 3.08. The fourth-order valence-electron chi connectivity index (χ4n) is 3.08. The molecule has 0 aliphatic carbocycles. The van der Waals surface area contributed by atoms with Crippen LogP contribution in [0.1, 0.15) is 36.4 Å². The van der Waals surface area contributed by atoms with Gasteiger partial charge in [0.1, 0.15) is 5.75 Å². The molecular weight excluding hydrogens is 288 g/mol. The number of benzene rings is 2. The van der Waals surface area contributed by atoms with Gasteiger partial charge in [0, 0.05) is 24.2 Å². The molecule has 1 heterocycles. The van der Waals surface area contributed by atoms with Crippen LogP contribution in [0.5, 0.6) is 5.75 Å². The van der Waals surface area contributed by atoms with Gasteiger partial charge in [0.15, 0.2) is 0 Å². The van der Waals surface area contributed by atoms with Crippen molar-refractivity contribution in [3.8, 4) is 5.75 Å². The minimum atomic E-state index is -0.0662. The van der Waals surface area contributed by atoms with Crippen molar-refractivity contribution in [2.45, 2.75) is 25.3 Å². The minimum absolute atomic E-state index is 0.0272. The third-order valence-corrected chi connectivity index (χ3v) is 4.15. The number of nitrogens with one attached hydrogen (secondary N) is 2. The third kappa shape index (κ3) is 3.71. The number of phenols is 1. The van der Waals surface area contributed by atoms with Gasteiger partial charge in [-0.1, -0.05) is 30.3 Å². The van der Waals surface area contributed by atoms with Gasteiger partial charge in [-0.05, 0) is 49.1 Å². The Kier molecular flexibility index (Phi) is 4.63. The fraction of sp³-hybridized carbons (Fsp3) is 0.263. The largest absolute Gasteiger partial charge is 0.508 e. The summed E-state index contributed by atoms with van der Waals surface area (Å²) in [4.78, 5) is 11.2. The number of hydrogen-bond donors (Lipinski definition) is 3. The molecule has 1 aliphatic rings. The lowest BCUT2D eigenvalue weighted by molar-refractivity contribution is -0.114. The van der Waals surface area contributed by atoms with Crippen LogP contribution < -0.4 is 10.6 Å². The van der Waals surface area contributed by atoms with Crippen molar-refractivity contribution in [3.63, 3.8) is 0 Å². The van der Waals surface area contributed by atoms with E-state index < -0.39 is 0 Å². The number of para-hydroxylation sites is 1. The van der Waals surface area contributed by atoms with Crippen molar-refractivity contribution in [2.75, 3.05) is 11.9 Å². The van der Waals surface area contributed by atoms with Crippen molar-refractivity contribution in [1.82, 2.24) is 5.32 Å². The Morgan fingerprint density at radius 3 is 2.83 bits per heavy atom. The predicted octanol–water partition coefficient (Wildman–Crippen LogP) is 3.37. The standard InChI is InChI=1S/C19H21N2O2/c1-13(22)21-16-6-4-5-14(11-16)15-9-10-20-18(12-15)17-7-2-3-8-19(17)23/h2-8,11-12,15,18,20,23H,9-10H2,1H3,(H,21,22). The van der Waals surface area contributed by atoms with Crippen molar-refractivity contribution in [1.29, 1.82) is 0 Å². The van der Waals surface area contributed by atoms with Gasteiger partial charge in [-0.25, -0.2) is 0 Å². The smallest absolute Gasteiger partial charge is 0.221 e. The second-order valence-corrected chi connectivity index (χ2v) is 5.88. The molecule has 1 saturated heterocycles. The highest BCUT2D eigenvalue weighted by atomic mass is 16.3. The number of anilines is 1. The van der Waals surface area contributed by atoms with Crippen molar-refractivity contribution in [2.24, 2.45) is 0 Å². The van der Waals surface area contributed by atoms with Gasteiger partial charge in [0.2, 0.25) is 5.91 Å². The van der Waals surface area contributed by atoms with E-state index in [9.17, 15) is 9.90 Å². The van der Waals surface area contributed by atoms with Gasteiger partial charge in [0.25, 0.3) is 0 Å². The van der Waals surface area contributed by atoms with E-state index in [0.717, 1.165) is 24.2 Å². The van der Waals surface area contributed by atoms with Crippen LogP contribution in [0.15, 0.2) is 48.5 Å². The summed E-state index contributed by atoms with van der Waals surface area (Å²) in [6.45, 7) is 2.39. The molecule has 4 heteroatoms. The van der Waals surface area contributed by atoms with E-state index in [4.69, 9.17) is 0 Å². The molecule has 119 valence electrons. The summed E-state index contributed by atoms with van der Waals surface area (Å²) in [6.07, 6.45) is 3.22. The van der Waals surface area contributed by atoms with Crippen LogP contribution in [0, 0.1) is 6.42 Å². The van der Waals surface area contributed by atoms with Crippen LogP contribution in [0.4, 0.5) is 5.69 Å². The second-order valence-electron chi connectivity index (χ2n) is 5.88. The third-order valence-electron chi connectivity index (χ3n) is 4.15. The number of phenolic OH excluding ortho intramolecular Hbond substituents is 1. The molecule has 2 atom stereocenters. The first-order valence-electron chi connectivity index (χ1n) is 7.87. The monoisotopic (exact) mass is 309 g/mol. The zero-order chi connectivity index (χ0) is 16.2. The SMILES string of the molecule is CC(=O)Nc1cccc(C2[CH]C(c3ccccc3O)NCC2)c1. The maximum Gasteiger partial charge on any atom is 0.221 e. The van der Waals surface area contributed by atoms with Crippen LogP contribution in [-0.4, -0.2) is 17.6 Å². The lowest BCUT2D eigenvalue weighted by atomic mass is 9.84. The van der Waals surface area contributed by atoms with E-state index in [1.54, 1.807) is 6.07 Å². The molecule has 2 aromatic carbocycles. The van der Waals surface area contributed by atoms with Crippen LogP contribution in [0.3, 0.4) is 0 Å². The summed E-state index contributed by atoms with van der Waals surface area (Å²) >= 11 is 0. The minimum Gasteiger partial charge on any atom is -0.508 e. The highest BCUT2D eigenvalue weighted by Gasteiger charge is 2.25. The summed E-state index contributed by atoms with van der Waals surface area (Å²) < 4.78 is 0. The second kappa shape index (κ2) is 6.84. The summed E-state index contributed by atoms with van der Waals surface area (Å²) in [5, 5.41) is 16.3. The number of hydrogen-bond acceptors (Lipinski definition) is 3. The molecule has 2 unspecified atom stereocenters. The highest BCUT2D eigenvalue weighted by Crippen LogP contribution is 2.36. The zero-order valence-electron chi connectivity index (χ0n) is 13.1. The normalized spacial score (nSPS) is 20.9. The Morgan fingerprint density at radius 1 is 1.22 bits per heavy atom. The molecule has 0 bridgehead atoms. The molecule has 1 amide bonds. The Labute approximate surface area is 136 Å². The van der Waals surface area contributed by atoms with Crippen LogP contribution in [0.2, 0.25) is 0 Å². The quantitative estimate of drug-likeness (QED) is 0.814. The predicted molar refractivity (Wildman–Crippen MR) is 91.3 cm³/mol. The van der Waals surface area contributed by atoms with E-state index >= 15 is 0 Å². The maximum absolute atomic E-state index is 11.2. The van der Waals surface area contributed by atoms with Crippen LogP contribution in [0.25, 0.3) is 0 Å². The Bertz CT molecular complexity index is 699. The first-order chi connectivity index (χ1) is 11.1. The number of carbonyl (C=O) groups excluding carboxylic acids is 1. The van der Waals surface area contributed by atoms with Crippen molar-refractivity contribution < 1.29 is 9.90 Å². The summed E-state index contributed by atoms with van der Waals surface area (Å²) in [6, 6.07) is 15.4. The molecular formula is C19H21N2O2. The summed E-state index contributed by atoms with van der Waals surface area (Å²) in [5.41, 5.74) is 2.90. The van der Waals surface area contributed by atoms with Crippen molar-refractivity contribution in [3.05, 3.63) is 66.1 Å². The molecule has 3 rings (SSSR count). The topological polar surface area (TPSA) is 61.4 Å². The number of carbonyl (C=O) groups is 1. The van der Waals surface area contributed by atoms with E-state index in [0.29, 0.717) is 5.75 Å². The number of piperidine rings is 1. The van der Waals surface area contributed by atoms with Gasteiger partial charge >= 0.3 is 0 Å². The van der Waals surface area contributed by atoms with E-state index in [1.165, 1.54) is 12.5 Å². The summed E-state index contributed by atoms with van der Waals surface area (Å²) in [5.74, 6) is 0.534. The lowest BCUT2D eigenvalue weighted by Crippen LogP contribution is -2.31. The van der Waals surface area contributed by atoms with E-state index in [1.807, 2.05) is 36.4 Å². The van der Waals surface area contributed by atoms with Crippen LogP contribution in [-0.2, 0) is 4.79 Å². The average molecular weight is 309 g/mol. The van der Waals surface area contributed by atoms with Gasteiger partial charge in [-0.3, -0.25) is 4.79 Å². The zero-order valence-corrected chi connectivity index (χ0v) is 13.1.